The van der Waals surface area contributed by atoms with Gasteiger partial charge in [0.25, 0.3) is 0 Å². The molecule has 0 aliphatic carbocycles. The minimum atomic E-state index is -1.07. The van der Waals surface area contributed by atoms with Gasteiger partial charge in [-0.1, -0.05) is 0 Å². The second-order valence-electron chi connectivity index (χ2n) is 4.74. The SMILES string of the molecule is CC(C)(C)OC(=O)N[C@@H](C(=O)O)C1=CSCSC1. The van der Waals surface area contributed by atoms with Gasteiger partial charge in [0.1, 0.15) is 5.60 Å². The van der Waals surface area contributed by atoms with Crippen LogP contribution >= 0.6 is 23.5 Å². The van der Waals surface area contributed by atoms with E-state index in [1.807, 2.05) is 0 Å². The first kappa shape index (κ1) is 15.2. The molecule has 0 fully saturated rings. The lowest BCUT2D eigenvalue weighted by molar-refractivity contribution is -0.138. The summed E-state index contributed by atoms with van der Waals surface area (Å²) in [7, 11) is 0. The Bertz CT molecular complexity index is 363. The van der Waals surface area contributed by atoms with Crippen LogP contribution in [0.3, 0.4) is 0 Å². The van der Waals surface area contributed by atoms with Gasteiger partial charge in [-0.15, -0.1) is 23.5 Å². The van der Waals surface area contributed by atoms with E-state index in [4.69, 9.17) is 9.84 Å². The third-order valence-electron chi connectivity index (χ3n) is 1.93. The molecule has 7 heteroatoms. The van der Waals surface area contributed by atoms with Crippen LogP contribution in [-0.4, -0.2) is 39.6 Å². The fourth-order valence-electron chi connectivity index (χ4n) is 1.27. The van der Waals surface area contributed by atoms with E-state index in [1.54, 1.807) is 37.9 Å². The van der Waals surface area contributed by atoms with Crippen LogP contribution in [0.4, 0.5) is 4.79 Å². The lowest BCUT2D eigenvalue weighted by Crippen LogP contribution is -2.45. The maximum atomic E-state index is 11.6. The number of thioether (sulfide) groups is 2. The molecule has 1 rings (SSSR count). The number of alkyl carbamates (subject to hydrolysis) is 1. The van der Waals surface area contributed by atoms with Crippen molar-refractivity contribution >= 4 is 35.6 Å². The molecule has 0 unspecified atom stereocenters. The highest BCUT2D eigenvalue weighted by molar-refractivity contribution is 8.18. The molecule has 0 saturated carbocycles. The Balaban J connectivity index is 2.66. The maximum absolute atomic E-state index is 11.6. The highest BCUT2D eigenvalue weighted by atomic mass is 32.2. The highest BCUT2D eigenvalue weighted by Gasteiger charge is 2.27. The third kappa shape index (κ3) is 5.22. The number of hydrogen-bond donors (Lipinski definition) is 2. The minimum absolute atomic E-state index is 0.611. The smallest absolute Gasteiger partial charge is 0.408 e. The number of ether oxygens (including phenoxy) is 1. The van der Waals surface area contributed by atoms with E-state index in [0.717, 1.165) is 5.08 Å². The average molecular weight is 291 g/mol. The van der Waals surface area contributed by atoms with Gasteiger partial charge in [-0.3, -0.25) is 0 Å². The second kappa shape index (κ2) is 6.38. The summed E-state index contributed by atoms with van der Waals surface area (Å²) in [6, 6.07) is -1.01. The van der Waals surface area contributed by atoms with Gasteiger partial charge in [-0.05, 0) is 31.8 Å². The number of amides is 1. The monoisotopic (exact) mass is 291 g/mol. The normalized spacial score (nSPS) is 17.6. The molecule has 0 spiro atoms. The highest BCUT2D eigenvalue weighted by Crippen LogP contribution is 2.26. The zero-order valence-corrected chi connectivity index (χ0v) is 12.2. The van der Waals surface area contributed by atoms with Crippen molar-refractivity contribution in [2.75, 3.05) is 10.8 Å². The topological polar surface area (TPSA) is 75.6 Å². The molecule has 0 radical (unpaired) electrons. The lowest BCUT2D eigenvalue weighted by atomic mass is 10.1. The van der Waals surface area contributed by atoms with Crippen molar-refractivity contribution in [1.29, 1.82) is 0 Å². The summed E-state index contributed by atoms with van der Waals surface area (Å²) >= 11 is 3.16. The van der Waals surface area contributed by atoms with Gasteiger partial charge in [0.15, 0.2) is 6.04 Å². The Labute approximate surface area is 115 Å². The molecule has 0 aromatic rings. The zero-order chi connectivity index (χ0) is 13.8. The largest absolute Gasteiger partial charge is 0.479 e. The molecule has 0 aromatic carbocycles. The van der Waals surface area contributed by atoms with Gasteiger partial charge in [-0.25, -0.2) is 9.59 Å². The molecule has 0 bridgehead atoms. The van der Waals surface area contributed by atoms with E-state index in [9.17, 15) is 9.59 Å². The Morgan fingerprint density at radius 2 is 2.17 bits per heavy atom. The van der Waals surface area contributed by atoms with Gasteiger partial charge < -0.3 is 15.2 Å². The number of carboxylic acids is 1. The number of aliphatic carboxylic acids is 1. The Hall–Kier alpha value is -0.820. The van der Waals surface area contributed by atoms with Crippen molar-refractivity contribution in [3.8, 4) is 0 Å². The fraction of sp³-hybridized carbons (Fsp3) is 0.636. The first-order valence-corrected chi connectivity index (χ1v) is 7.60. The minimum Gasteiger partial charge on any atom is -0.479 e. The molecular weight excluding hydrogens is 274 g/mol. The van der Waals surface area contributed by atoms with Crippen molar-refractivity contribution in [3.05, 3.63) is 11.0 Å². The van der Waals surface area contributed by atoms with Gasteiger partial charge in [0.05, 0.1) is 0 Å². The number of carboxylic acid groups (broad SMARTS) is 1. The van der Waals surface area contributed by atoms with E-state index in [2.05, 4.69) is 5.32 Å². The van der Waals surface area contributed by atoms with Crippen LogP contribution in [-0.2, 0) is 9.53 Å². The summed E-state index contributed by atoms with van der Waals surface area (Å²) < 4.78 is 5.05. The predicted octanol–water partition coefficient (Wildman–Crippen LogP) is 2.29. The van der Waals surface area contributed by atoms with Gasteiger partial charge in [0.2, 0.25) is 0 Å². The van der Waals surface area contributed by atoms with Crippen LogP contribution in [0.1, 0.15) is 20.8 Å². The molecule has 18 heavy (non-hydrogen) atoms. The molecule has 2 N–H and O–H groups in total. The molecule has 0 saturated heterocycles. The number of carbonyl (C=O) groups excluding carboxylic acids is 1. The van der Waals surface area contributed by atoms with Crippen LogP contribution in [0, 0.1) is 0 Å². The first-order valence-electron chi connectivity index (χ1n) is 5.40. The Morgan fingerprint density at radius 3 is 2.61 bits per heavy atom. The summed E-state index contributed by atoms with van der Waals surface area (Å²) in [4.78, 5) is 22.7. The molecule has 102 valence electrons. The molecule has 1 aliphatic heterocycles. The predicted molar refractivity (Wildman–Crippen MR) is 73.8 cm³/mol. The summed E-state index contributed by atoms with van der Waals surface area (Å²) in [5, 5.41) is 14.2. The van der Waals surface area contributed by atoms with Crippen LogP contribution in [0.15, 0.2) is 11.0 Å². The van der Waals surface area contributed by atoms with E-state index in [1.165, 1.54) is 11.8 Å². The van der Waals surface area contributed by atoms with Crippen LogP contribution in [0.25, 0.3) is 0 Å². The summed E-state index contributed by atoms with van der Waals surface area (Å²) in [5.41, 5.74) is 0.0482. The van der Waals surface area contributed by atoms with Gasteiger partial charge in [0, 0.05) is 10.8 Å². The van der Waals surface area contributed by atoms with Gasteiger partial charge in [-0.2, -0.15) is 0 Å². The van der Waals surface area contributed by atoms with E-state index < -0.39 is 23.7 Å². The molecule has 1 heterocycles. The third-order valence-corrected chi connectivity index (χ3v) is 4.15. The van der Waals surface area contributed by atoms with Crippen molar-refractivity contribution in [1.82, 2.24) is 5.32 Å². The van der Waals surface area contributed by atoms with Crippen molar-refractivity contribution in [2.24, 2.45) is 0 Å². The molecule has 1 amide bonds. The van der Waals surface area contributed by atoms with Crippen molar-refractivity contribution < 1.29 is 19.4 Å². The molecule has 0 aromatic heterocycles. The summed E-state index contributed by atoms with van der Waals surface area (Å²) in [5.74, 6) is -0.463. The standard InChI is InChI=1S/C11H17NO4S2/c1-11(2,3)16-10(15)12-8(9(13)14)7-4-17-6-18-5-7/h4,8H,5-6H2,1-3H3,(H,12,15)(H,13,14)/t8-/m1/s1. The van der Waals surface area contributed by atoms with Crippen molar-refractivity contribution in [2.45, 2.75) is 32.4 Å². The molecule has 5 nitrogen and oxygen atoms in total. The lowest BCUT2D eigenvalue weighted by Gasteiger charge is -2.24. The van der Waals surface area contributed by atoms with Gasteiger partial charge >= 0.3 is 12.1 Å². The quantitative estimate of drug-likeness (QED) is 0.831. The summed E-state index contributed by atoms with van der Waals surface area (Å²) in [6.07, 6.45) is -0.712. The van der Waals surface area contributed by atoms with E-state index >= 15 is 0 Å². The number of rotatable bonds is 3. The molecular formula is C11H17NO4S2. The molecule has 1 atom stereocenters. The first-order chi connectivity index (χ1) is 8.29. The van der Waals surface area contributed by atoms with Crippen molar-refractivity contribution in [3.63, 3.8) is 0 Å². The maximum Gasteiger partial charge on any atom is 0.408 e. The number of hydrogen-bond acceptors (Lipinski definition) is 5. The second-order valence-corrected chi connectivity index (χ2v) is 6.95. The molecule has 1 aliphatic rings. The number of carbonyl (C=O) groups is 2. The number of nitrogens with one attached hydrogen (secondary N) is 1. The fourth-order valence-corrected chi connectivity index (χ4v) is 3.29. The Kier molecular flexibility index (Phi) is 5.40. The zero-order valence-electron chi connectivity index (χ0n) is 10.6. The Morgan fingerprint density at radius 1 is 1.50 bits per heavy atom. The summed E-state index contributed by atoms with van der Waals surface area (Å²) in [6.45, 7) is 5.19. The average Bonchev–Trinajstić information content (AvgIpc) is 2.24. The van der Waals surface area contributed by atoms with Crippen LogP contribution in [0.5, 0.6) is 0 Å². The van der Waals surface area contributed by atoms with Crippen LogP contribution in [0.2, 0.25) is 0 Å². The van der Waals surface area contributed by atoms with Crippen LogP contribution < -0.4 is 5.32 Å². The van der Waals surface area contributed by atoms with E-state index in [-0.39, 0.29) is 0 Å². The van der Waals surface area contributed by atoms with E-state index in [0.29, 0.717) is 11.3 Å².